The van der Waals surface area contributed by atoms with E-state index in [0.717, 1.165) is 18.8 Å². The molecule has 38 heavy (non-hydrogen) atoms. The molecule has 2 aromatic rings. The van der Waals surface area contributed by atoms with E-state index in [4.69, 9.17) is 26.1 Å². The average molecular weight is 539 g/mol. The normalized spacial score (nSPS) is 14.2. The summed E-state index contributed by atoms with van der Waals surface area (Å²) in [6.45, 7) is 8.79. The molecule has 0 saturated carbocycles. The zero-order chi connectivity index (χ0) is 28.0. The molecule has 0 bridgehead atoms. The quantitative estimate of drug-likeness (QED) is 0.435. The number of Topliss-reactive ketones (excluding diaryl/α,β-unsaturated/α-hetero) is 1. The monoisotopic (exact) mass is 538 g/mol. The first-order chi connectivity index (χ1) is 18.1. The van der Waals surface area contributed by atoms with Gasteiger partial charge in [-0.3, -0.25) is 14.4 Å². The average Bonchev–Trinajstić information content (AvgIpc) is 2.91. The zero-order valence-corrected chi connectivity index (χ0v) is 23.0. The van der Waals surface area contributed by atoms with Crippen LogP contribution in [0.1, 0.15) is 38.1 Å². The fourth-order valence-corrected chi connectivity index (χ4v) is 4.12. The van der Waals surface area contributed by atoms with Crippen molar-refractivity contribution >= 4 is 52.0 Å². The maximum absolute atomic E-state index is 13.0. The number of aliphatic imine (C=N–C) groups is 1. The molecule has 0 saturated heterocycles. The van der Waals surface area contributed by atoms with Gasteiger partial charge >= 0.3 is 0 Å². The van der Waals surface area contributed by atoms with Gasteiger partial charge in [0.15, 0.2) is 11.5 Å². The number of rotatable bonds is 9. The summed E-state index contributed by atoms with van der Waals surface area (Å²) < 4.78 is 10.5. The molecule has 2 aromatic carbocycles. The number of nitrogens with one attached hydrogen (secondary N) is 2. The zero-order valence-electron chi connectivity index (χ0n) is 22.3. The number of amides is 2. The van der Waals surface area contributed by atoms with E-state index in [1.54, 1.807) is 25.1 Å². The highest BCUT2D eigenvalue weighted by atomic mass is 35.5. The number of methoxy groups -OCH3 is 2. The number of nitrogens with zero attached hydrogens (tertiary/aromatic N) is 2. The molecule has 10 heteroatoms. The van der Waals surface area contributed by atoms with E-state index in [-0.39, 0.29) is 22.2 Å². The molecule has 1 aliphatic rings. The smallest absolute Gasteiger partial charge is 0.255 e. The van der Waals surface area contributed by atoms with E-state index in [2.05, 4.69) is 15.5 Å². The van der Waals surface area contributed by atoms with Crippen LogP contribution in [0.5, 0.6) is 11.5 Å². The molecule has 0 heterocycles. The lowest BCUT2D eigenvalue weighted by Gasteiger charge is -2.22. The number of ketones is 1. The predicted molar refractivity (Wildman–Crippen MR) is 150 cm³/mol. The standard InChI is InChI=1S/C28H31ClN4O5/c1-7-33(8-2)19-10-11-20(22(14-19)30-17(4)34)31-21-15-23(27(35)26(29)16(21)3)32-28(36)18-9-12-24(37-5)25(13-18)38-6/h9-15H,7-8H2,1-6H3,(H,30,34)(H,32,36). The van der Waals surface area contributed by atoms with Gasteiger partial charge in [0.05, 0.1) is 42.0 Å². The number of halogens is 1. The Morgan fingerprint density at radius 2 is 1.68 bits per heavy atom. The second-order valence-electron chi connectivity index (χ2n) is 8.40. The van der Waals surface area contributed by atoms with E-state index in [9.17, 15) is 14.4 Å². The Balaban J connectivity index is 2.01. The lowest BCUT2D eigenvalue weighted by atomic mass is 10.0. The van der Waals surface area contributed by atoms with E-state index in [1.165, 1.54) is 33.3 Å². The lowest BCUT2D eigenvalue weighted by molar-refractivity contribution is -0.114. The first-order valence-electron chi connectivity index (χ1n) is 12.0. The van der Waals surface area contributed by atoms with Gasteiger partial charge in [-0.15, -0.1) is 0 Å². The largest absolute Gasteiger partial charge is 0.493 e. The summed E-state index contributed by atoms with van der Waals surface area (Å²) in [6, 6.07) is 10.2. The molecule has 200 valence electrons. The van der Waals surface area contributed by atoms with E-state index >= 15 is 0 Å². The van der Waals surface area contributed by atoms with E-state index in [1.807, 2.05) is 26.0 Å². The molecular formula is C28H31ClN4O5. The molecule has 0 atom stereocenters. The van der Waals surface area contributed by atoms with Crippen LogP contribution in [0.25, 0.3) is 0 Å². The summed E-state index contributed by atoms with van der Waals surface area (Å²) >= 11 is 6.36. The fourth-order valence-electron chi connectivity index (χ4n) is 3.92. The van der Waals surface area contributed by atoms with Crippen molar-refractivity contribution in [3.05, 3.63) is 64.3 Å². The Kier molecular flexibility index (Phi) is 9.30. The van der Waals surface area contributed by atoms with Crippen LogP contribution in [0.15, 0.2) is 63.8 Å². The Morgan fingerprint density at radius 1 is 1.00 bits per heavy atom. The minimum Gasteiger partial charge on any atom is -0.493 e. The summed E-state index contributed by atoms with van der Waals surface area (Å²) in [4.78, 5) is 44.6. The minimum atomic E-state index is -0.532. The van der Waals surface area contributed by atoms with Crippen molar-refractivity contribution in [2.75, 3.05) is 37.5 Å². The molecule has 0 aliphatic heterocycles. The van der Waals surface area contributed by atoms with Crippen molar-refractivity contribution in [3.8, 4) is 11.5 Å². The third-order valence-electron chi connectivity index (χ3n) is 5.99. The predicted octanol–water partition coefficient (Wildman–Crippen LogP) is 4.99. The highest BCUT2D eigenvalue weighted by molar-refractivity contribution is 6.49. The summed E-state index contributed by atoms with van der Waals surface area (Å²) in [5.41, 5.74) is 2.98. The van der Waals surface area contributed by atoms with Crippen LogP contribution in [0.3, 0.4) is 0 Å². The summed E-state index contributed by atoms with van der Waals surface area (Å²) in [7, 11) is 2.96. The Morgan fingerprint density at radius 3 is 2.29 bits per heavy atom. The first kappa shape index (κ1) is 28.5. The van der Waals surface area contributed by atoms with Gasteiger partial charge in [0.1, 0.15) is 0 Å². The van der Waals surface area contributed by atoms with Gasteiger partial charge in [0.2, 0.25) is 11.7 Å². The van der Waals surface area contributed by atoms with Crippen molar-refractivity contribution in [1.82, 2.24) is 5.32 Å². The highest BCUT2D eigenvalue weighted by Crippen LogP contribution is 2.33. The molecule has 0 fully saturated rings. The fraction of sp³-hybridized carbons (Fsp3) is 0.286. The molecule has 2 N–H and O–H groups in total. The summed E-state index contributed by atoms with van der Waals surface area (Å²) in [5, 5.41) is 5.39. The number of benzene rings is 2. The SMILES string of the molecule is CCN(CC)c1ccc(N=C2C=C(NC(=O)c3ccc(OC)c(OC)c3)C(=O)C(Cl)=C2C)c(NC(C)=O)c1. The first-order valence-corrected chi connectivity index (χ1v) is 12.4. The summed E-state index contributed by atoms with van der Waals surface area (Å²) in [5.74, 6) is -0.466. The third kappa shape index (κ3) is 6.23. The maximum Gasteiger partial charge on any atom is 0.255 e. The number of carbonyl (C=O) groups is 3. The number of hydrogen-bond acceptors (Lipinski definition) is 7. The van der Waals surface area contributed by atoms with Gasteiger partial charge in [0.25, 0.3) is 5.91 Å². The van der Waals surface area contributed by atoms with Crippen molar-refractivity contribution in [3.63, 3.8) is 0 Å². The Labute approximate surface area is 227 Å². The number of carbonyl (C=O) groups excluding carboxylic acids is 3. The highest BCUT2D eigenvalue weighted by Gasteiger charge is 2.26. The topological polar surface area (TPSA) is 109 Å². The Hall–Kier alpha value is -4.11. The van der Waals surface area contributed by atoms with Crippen LogP contribution >= 0.6 is 11.6 Å². The molecule has 2 amide bonds. The second kappa shape index (κ2) is 12.4. The molecule has 0 radical (unpaired) electrons. The van der Waals surface area contributed by atoms with E-state index in [0.29, 0.717) is 34.2 Å². The number of hydrogen-bond donors (Lipinski definition) is 2. The van der Waals surface area contributed by atoms with Gasteiger partial charge in [-0.05, 0) is 68.8 Å². The van der Waals surface area contributed by atoms with Crippen LogP contribution < -0.4 is 25.0 Å². The van der Waals surface area contributed by atoms with Crippen LogP contribution in [0.4, 0.5) is 17.1 Å². The molecule has 0 spiro atoms. The number of allylic oxidation sites excluding steroid dienone is 3. The molecule has 3 rings (SSSR count). The lowest BCUT2D eigenvalue weighted by Crippen LogP contribution is -2.31. The van der Waals surface area contributed by atoms with Gasteiger partial charge in [-0.1, -0.05) is 11.6 Å². The molecular weight excluding hydrogens is 508 g/mol. The van der Waals surface area contributed by atoms with Crippen LogP contribution in [0.2, 0.25) is 0 Å². The summed E-state index contributed by atoms with van der Waals surface area (Å²) in [6.07, 6.45) is 1.47. The third-order valence-corrected chi connectivity index (χ3v) is 6.45. The molecule has 0 unspecified atom stereocenters. The molecule has 9 nitrogen and oxygen atoms in total. The molecule has 1 aliphatic carbocycles. The minimum absolute atomic E-state index is 0.0278. The van der Waals surface area contributed by atoms with Crippen LogP contribution in [-0.4, -0.2) is 50.6 Å². The van der Waals surface area contributed by atoms with Crippen molar-refractivity contribution < 1.29 is 23.9 Å². The maximum atomic E-state index is 13.0. The van der Waals surface area contributed by atoms with Crippen molar-refractivity contribution in [2.45, 2.75) is 27.7 Å². The van der Waals surface area contributed by atoms with Gasteiger partial charge in [-0.25, -0.2) is 4.99 Å². The van der Waals surface area contributed by atoms with Gasteiger partial charge in [0, 0.05) is 31.3 Å². The van der Waals surface area contributed by atoms with Crippen LogP contribution in [0, 0.1) is 0 Å². The van der Waals surface area contributed by atoms with Crippen LogP contribution in [-0.2, 0) is 9.59 Å². The van der Waals surface area contributed by atoms with Crippen molar-refractivity contribution in [2.24, 2.45) is 4.99 Å². The number of ether oxygens (including phenoxy) is 2. The van der Waals surface area contributed by atoms with Gasteiger partial charge < -0.3 is 25.0 Å². The number of anilines is 2. The second-order valence-corrected chi connectivity index (χ2v) is 8.78. The Bertz CT molecular complexity index is 1360. The van der Waals surface area contributed by atoms with Crippen molar-refractivity contribution in [1.29, 1.82) is 0 Å². The van der Waals surface area contributed by atoms with Gasteiger partial charge in [-0.2, -0.15) is 0 Å². The van der Waals surface area contributed by atoms with E-state index < -0.39 is 11.7 Å². The molecule has 0 aromatic heterocycles.